The van der Waals surface area contributed by atoms with Crippen molar-refractivity contribution in [2.75, 3.05) is 19.8 Å². The maximum absolute atomic E-state index is 13.8. The molecule has 4 nitrogen and oxygen atoms in total. The van der Waals surface area contributed by atoms with E-state index >= 15 is 0 Å². The van der Waals surface area contributed by atoms with E-state index in [4.69, 9.17) is 4.74 Å². The number of nitrogens with one attached hydrogen (secondary N) is 1. The van der Waals surface area contributed by atoms with Crippen molar-refractivity contribution in [3.8, 4) is 0 Å². The van der Waals surface area contributed by atoms with Gasteiger partial charge in [0.1, 0.15) is 5.82 Å². The van der Waals surface area contributed by atoms with Crippen molar-refractivity contribution >= 4 is 6.03 Å². The smallest absolute Gasteiger partial charge is 0.318 e. The molecule has 1 saturated heterocycles. The number of carbonyl (C=O) groups is 1. The van der Waals surface area contributed by atoms with E-state index in [1.54, 1.807) is 6.07 Å². The average Bonchev–Trinajstić information content (AvgIpc) is 3.30. The molecule has 1 aliphatic heterocycles. The van der Waals surface area contributed by atoms with E-state index in [2.05, 4.69) is 5.32 Å². The third-order valence-corrected chi connectivity index (χ3v) is 5.10. The molecule has 22 heavy (non-hydrogen) atoms. The van der Waals surface area contributed by atoms with E-state index in [1.807, 2.05) is 11.0 Å². The predicted octanol–water partition coefficient (Wildman–Crippen LogP) is 2.63. The van der Waals surface area contributed by atoms with E-state index < -0.39 is 0 Å². The fourth-order valence-corrected chi connectivity index (χ4v) is 3.74. The number of rotatable bonds is 2. The molecule has 1 aromatic carbocycles. The molecule has 1 heterocycles. The third kappa shape index (κ3) is 2.47. The van der Waals surface area contributed by atoms with Gasteiger partial charge in [0.25, 0.3) is 0 Å². The molecule has 0 aromatic heterocycles. The van der Waals surface area contributed by atoms with Crippen molar-refractivity contribution in [2.24, 2.45) is 5.92 Å². The van der Waals surface area contributed by atoms with E-state index in [1.165, 1.54) is 18.9 Å². The van der Waals surface area contributed by atoms with Crippen LogP contribution in [-0.4, -0.2) is 36.7 Å². The molecular weight excluding hydrogens is 283 g/mol. The van der Waals surface area contributed by atoms with Crippen LogP contribution in [-0.2, 0) is 11.2 Å². The van der Waals surface area contributed by atoms with Crippen LogP contribution >= 0.6 is 0 Å². The van der Waals surface area contributed by atoms with Crippen LogP contribution in [0.2, 0.25) is 0 Å². The summed E-state index contributed by atoms with van der Waals surface area (Å²) in [4.78, 5) is 14.6. The van der Waals surface area contributed by atoms with Crippen LogP contribution in [0, 0.1) is 11.7 Å². The monoisotopic (exact) mass is 304 g/mol. The van der Waals surface area contributed by atoms with E-state index in [0.29, 0.717) is 32.1 Å². The summed E-state index contributed by atoms with van der Waals surface area (Å²) in [6, 6.07) is 5.26. The number of fused-ring (bicyclic) bond motifs is 1. The highest BCUT2D eigenvalue weighted by molar-refractivity contribution is 5.75. The highest BCUT2D eigenvalue weighted by atomic mass is 19.1. The van der Waals surface area contributed by atoms with Crippen LogP contribution in [0.3, 0.4) is 0 Å². The van der Waals surface area contributed by atoms with Gasteiger partial charge < -0.3 is 15.0 Å². The molecule has 2 aliphatic carbocycles. The van der Waals surface area contributed by atoms with Crippen LogP contribution in [0.25, 0.3) is 0 Å². The topological polar surface area (TPSA) is 41.6 Å². The van der Waals surface area contributed by atoms with Crippen LogP contribution in [0.4, 0.5) is 9.18 Å². The quantitative estimate of drug-likeness (QED) is 0.912. The Morgan fingerprint density at radius 1 is 1.32 bits per heavy atom. The predicted molar refractivity (Wildman–Crippen MR) is 80.0 cm³/mol. The summed E-state index contributed by atoms with van der Waals surface area (Å²) in [7, 11) is 0. The van der Waals surface area contributed by atoms with Gasteiger partial charge in [0.05, 0.1) is 25.3 Å². The summed E-state index contributed by atoms with van der Waals surface area (Å²) in [5, 5.41) is 3.11. The number of ether oxygens (including phenoxy) is 1. The van der Waals surface area contributed by atoms with E-state index in [-0.39, 0.29) is 23.9 Å². The van der Waals surface area contributed by atoms with Gasteiger partial charge in [0.2, 0.25) is 0 Å². The van der Waals surface area contributed by atoms with E-state index in [0.717, 1.165) is 17.5 Å². The number of hydrogen-bond acceptors (Lipinski definition) is 2. The second-order valence-electron chi connectivity index (χ2n) is 6.52. The maximum Gasteiger partial charge on any atom is 0.318 e. The van der Waals surface area contributed by atoms with Crippen molar-refractivity contribution < 1.29 is 13.9 Å². The molecule has 4 rings (SSSR count). The van der Waals surface area contributed by atoms with Crippen molar-refractivity contribution in [3.05, 3.63) is 35.1 Å². The number of morpholine rings is 1. The zero-order chi connectivity index (χ0) is 15.1. The highest BCUT2D eigenvalue weighted by Crippen LogP contribution is 2.37. The molecule has 2 atom stereocenters. The van der Waals surface area contributed by atoms with Gasteiger partial charge in [-0.05, 0) is 48.8 Å². The van der Waals surface area contributed by atoms with Crippen molar-refractivity contribution in [2.45, 2.75) is 37.8 Å². The fraction of sp³-hybridized carbons (Fsp3) is 0.588. The summed E-state index contributed by atoms with van der Waals surface area (Å²) >= 11 is 0. The molecule has 118 valence electrons. The number of halogens is 1. The maximum atomic E-state index is 13.8. The number of carbonyl (C=O) groups excluding carboxylic acids is 1. The first kappa shape index (κ1) is 14.0. The number of hydrogen-bond donors (Lipinski definition) is 1. The minimum absolute atomic E-state index is 0.0256. The summed E-state index contributed by atoms with van der Waals surface area (Å²) in [6.45, 7) is 1.90. The normalized spacial score (nSPS) is 27.6. The lowest BCUT2D eigenvalue weighted by Gasteiger charge is -2.36. The summed E-state index contributed by atoms with van der Waals surface area (Å²) in [5.41, 5.74) is 1.69. The Hall–Kier alpha value is -1.62. The van der Waals surface area contributed by atoms with Crippen molar-refractivity contribution in [1.29, 1.82) is 0 Å². The number of nitrogens with zero attached hydrogens (tertiary/aromatic N) is 1. The SMILES string of the molecule is O=C(N[C@@H]1CCc2c(F)cccc21)N1CCOC[C@@H]1C1CC1. The molecule has 3 aliphatic rings. The Morgan fingerprint density at radius 3 is 3.00 bits per heavy atom. The first-order chi connectivity index (χ1) is 10.7. The van der Waals surface area contributed by atoms with Gasteiger partial charge in [-0.3, -0.25) is 0 Å². The van der Waals surface area contributed by atoms with Crippen LogP contribution in [0.15, 0.2) is 18.2 Å². The molecule has 2 fully saturated rings. The first-order valence-corrected chi connectivity index (χ1v) is 8.16. The van der Waals surface area contributed by atoms with Crippen LogP contribution in [0.5, 0.6) is 0 Å². The van der Waals surface area contributed by atoms with Gasteiger partial charge in [-0.15, -0.1) is 0 Å². The fourth-order valence-electron chi connectivity index (χ4n) is 3.74. The van der Waals surface area contributed by atoms with Crippen LogP contribution < -0.4 is 5.32 Å². The minimum atomic E-state index is -0.156. The van der Waals surface area contributed by atoms with Gasteiger partial charge in [-0.1, -0.05) is 12.1 Å². The third-order valence-electron chi connectivity index (χ3n) is 5.10. The summed E-state index contributed by atoms with van der Waals surface area (Å²) in [5.74, 6) is 0.441. The zero-order valence-electron chi connectivity index (χ0n) is 12.6. The van der Waals surface area contributed by atoms with Gasteiger partial charge >= 0.3 is 6.03 Å². The molecule has 1 aromatic rings. The van der Waals surface area contributed by atoms with Gasteiger partial charge in [-0.25, -0.2) is 9.18 Å². The van der Waals surface area contributed by atoms with Crippen molar-refractivity contribution in [3.63, 3.8) is 0 Å². The molecule has 2 amide bonds. The van der Waals surface area contributed by atoms with Crippen LogP contribution in [0.1, 0.15) is 36.4 Å². The summed E-state index contributed by atoms with van der Waals surface area (Å²) < 4.78 is 19.3. The Bertz CT molecular complexity index is 588. The standard InChI is InChI=1S/C17H21FN2O2/c18-14-3-1-2-13-12(14)6-7-15(13)19-17(21)20-8-9-22-10-16(20)11-4-5-11/h1-3,11,15-16H,4-10H2,(H,19,21)/t15-,16-/m1/s1. The van der Waals surface area contributed by atoms with Gasteiger partial charge in [0, 0.05) is 6.54 Å². The molecule has 5 heteroatoms. The second kappa shape index (κ2) is 5.54. The lowest BCUT2D eigenvalue weighted by molar-refractivity contribution is 0.00412. The first-order valence-electron chi connectivity index (χ1n) is 8.16. The average molecular weight is 304 g/mol. The van der Waals surface area contributed by atoms with Gasteiger partial charge in [0.15, 0.2) is 0 Å². The van der Waals surface area contributed by atoms with E-state index in [9.17, 15) is 9.18 Å². The number of amides is 2. The Morgan fingerprint density at radius 2 is 2.18 bits per heavy atom. The molecule has 0 radical (unpaired) electrons. The lowest BCUT2D eigenvalue weighted by atomic mass is 10.1. The molecule has 1 saturated carbocycles. The van der Waals surface area contributed by atoms with Gasteiger partial charge in [-0.2, -0.15) is 0 Å². The summed E-state index contributed by atoms with van der Waals surface area (Å²) in [6.07, 6.45) is 3.85. The zero-order valence-corrected chi connectivity index (χ0v) is 12.6. The Labute approximate surface area is 129 Å². The van der Waals surface area contributed by atoms with Crippen molar-refractivity contribution in [1.82, 2.24) is 10.2 Å². The molecule has 0 bridgehead atoms. The number of urea groups is 1. The number of benzene rings is 1. The highest BCUT2D eigenvalue weighted by Gasteiger charge is 2.40. The largest absolute Gasteiger partial charge is 0.377 e. The molecule has 1 N–H and O–H groups in total. The minimum Gasteiger partial charge on any atom is -0.377 e. The Kier molecular flexibility index (Phi) is 3.53. The molecular formula is C17H21FN2O2. The lowest BCUT2D eigenvalue weighted by Crippen LogP contribution is -2.53. The molecule has 0 unspecified atom stereocenters. The Balaban J connectivity index is 1.47. The molecule has 0 spiro atoms. The second-order valence-corrected chi connectivity index (χ2v) is 6.52.